The standard InChI is InChI=1S/C25H35N5O2.HI/c1-3-26-24(30-16-14-29(15-17-30)23-6-4-5-13-27-23)28-20-25(11-18-32-19-12-25)21-7-9-22(31-2)10-8-21;/h4-10,13H,3,11-12,14-20H2,1-2H3,(H,26,28);1H. The van der Waals surface area contributed by atoms with Gasteiger partial charge in [-0.1, -0.05) is 18.2 Å². The second-order valence-electron chi connectivity index (χ2n) is 8.45. The SMILES string of the molecule is CCNC(=NCC1(c2ccc(OC)cc2)CCOCC1)N1CCN(c2ccccn2)CC1.I. The van der Waals surface area contributed by atoms with Gasteiger partial charge in [-0.3, -0.25) is 4.99 Å². The molecule has 0 aliphatic carbocycles. The summed E-state index contributed by atoms with van der Waals surface area (Å²) >= 11 is 0. The molecule has 7 nitrogen and oxygen atoms in total. The van der Waals surface area contributed by atoms with Crippen LogP contribution in [0.5, 0.6) is 5.75 Å². The molecule has 1 aromatic carbocycles. The van der Waals surface area contributed by atoms with Crippen molar-refractivity contribution < 1.29 is 9.47 Å². The zero-order valence-corrected chi connectivity index (χ0v) is 22.0. The van der Waals surface area contributed by atoms with Crippen molar-refractivity contribution in [2.45, 2.75) is 25.2 Å². The highest BCUT2D eigenvalue weighted by atomic mass is 127. The molecule has 2 aliphatic rings. The maximum Gasteiger partial charge on any atom is 0.194 e. The minimum Gasteiger partial charge on any atom is -0.497 e. The van der Waals surface area contributed by atoms with Gasteiger partial charge in [0.25, 0.3) is 0 Å². The van der Waals surface area contributed by atoms with Crippen LogP contribution in [-0.4, -0.2) is 75.4 Å². The number of nitrogens with one attached hydrogen (secondary N) is 1. The van der Waals surface area contributed by atoms with Gasteiger partial charge >= 0.3 is 0 Å². The number of piperazine rings is 1. The molecule has 0 saturated carbocycles. The molecule has 0 bridgehead atoms. The van der Waals surface area contributed by atoms with Gasteiger partial charge in [0.05, 0.1) is 13.7 Å². The summed E-state index contributed by atoms with van der Waals surface area (Å²) in [6.45, 7) is 9.05. The number of rotatable bonds is 6. The van der Waals surface area contributed by atoms with Gasteiger partial charge in [-0.05, 0) is 49.6 Å². The summed E-state index contributed by atoms with van der Waals surface area (Å²) in [4.78, 5) is 14.4. The second-order valence-corrected chi connectivity index (χ2v) is 8.45. The number of aliphatic imine (C=N–C) groups is 1. The number of halogens is 1. The van der Waals surface area contributed by atoms with E-state index in [-0.39, 0.29) is 29.4 Å². The molecule has 2 aliphatic heterocycles. The molecule has 2 fully saturated rings. The lowest BCUT2D eigenvalue weighted by molar-refractivity contribution is 0.0530. The first kappa shape index (κ1) is 25.6. The second kappa shape index (κ2) is 12.4. The summed E-state index contributed by atoms with van der Waals surface area (Å²) in [6, 6.07) is 14.6. The van der Waals surface area contributed by atoms with Gasteiger partial charge in [0.2, 0.25) is 0 Å². The molecular weight excluding hydrogens is 529 g/mol. The fraction of sp³-hybridized carbons (Fsp3) is 0.520. The van der Waals surface area contributed by atoms with Crippen LogP contribution in [0.2, 0.25) is 0 Å². The number of aromatic nitrogens is 1. The van der Waals surface area contributed by atoms with Crippen LogP contribution in [0.4, 0.5) is 5.82 Å². The average Bonchev–Trinajstić information content (AvgIpc) is 2.88. The van der Waals surface area contributed by atoms with E-state index < -0.39 is 0 Å². The van der Waals surface area contributed by atoms with Crippen LogP contribution in [0.25, 0.3) is 0 Å². The highest BCUT2D eigenvalue weighted by Gasteiger charge is 2.35. The van der Waals surface area contributed by atoms with Crippen molar-refractivity contribution in [3.63, 3.8) is 0 Å². The minimum absolute atomic E-state index is 0. The normalized spacial score (nSPS) is 18.4. The van der Waals surface area contributed by atoms with Gasteiger partial charge < -0.3 is 24.6 Å². The van der Waals surface area contributed by atoms with Crippen molar-refractivity contribution >= 4 is 35.8 Å². The smallest absolute Gasteiger partial charge is 0.194 e. The molecule has 0 atom stereocenters. The van der Waals surface area contributed by atoms with E-state index >= 15 is 0 Å². The van der Waals surface area contributed by atoms with Gasteiger partial charge in [0, 0.05) is 57.5 Å². The van der Waals surface area contributed by atoms with E-state index in [1.165, 1.54) is 5.56 Å². The summed E-state index contributed by atoms with van der Waals surface area (Å²) in [7, 11) is 1.71. The van der Waals surface area contributed by atoms with Gasteiger partial charge in [-0.15, -0.1) is 24.0 Å². The van der Waals surface area contributed by atoms with E-state index in [2.05, 4.69) is 57.4 Å². The zero-order valence-electron chi connectivity index (χ0n) is 19.7. The lowest BCUT2D eigenvalue weighted by Gasteiger charge is -2.39. The fourth-order valence-electron chi connectivity index (χ4n) is 4.58. The maximum atomic E-state index is 5.70. The molecule has 33 heavy (non-hydrogen) atoms. The molecule has 1 N–H and O–H groups in total. The van der Waals surface area contributed by atoms with E-state index in [0.717, 1.165) is 82.9 Å². The van der Waals surface area contributed by atoms with Gasteiger partial charge in [-0.25, -0.2) is 4.98 Å². The summed E-state index contributed by atoms with van der Waals surface area (Å²) in [5, 5.41) is 3.52. The number of pyridine rings is 1. The Labute approximate surface area is 214 Å². The van der Waals surface area contributed by atoms with Gasteiger partial charge in [-0.2, -0.15) is 0 Å². The molecule has 1 aromatic heterocycles. The van der Waals surface area contributed by atoms with E-state index in [1.54, 1.807) is 7.11 Å². The third-order valence-corrected chi connectivity index (χ3v) is 6.57. The Morgan fingerprint density at radius 3 is 2.42 bits per heavy atom. The van der Waals surface area contributed by atoms with E-state index in [4.69, 9.17) is 14.5 Å². The third-order valence-electron chi connectivity index (χ3n) is 6.57. The Balaban J connectivity index is 0.00000306. The van der Waals surface area contributed by atoms with Crippen LogP contribution in [0, 0.1) is 0 Å². The third kappa shape index (κ3) is 6.29. The maximum absolute atomic E-state index is 5.70. The largest absolute Gasteiger partial charge is 0.497 e. The zero-order chi connectivity index (χ0) is 22.2. The molecule has 3 heterocycles. The average molecular weight is 566 g/mol. The Morgan fingerprint density at radius 2 is 1.82 bits per heavy atom. The molecule has 0 unspecified atom stereocenters. The molecular formula is C25H36IN5O2. The van der Waals surface area contributed by atoms with Crippen LogP contribution < -0.4 is 15.0 Å². The quantitative estimate of drug-likeness (QED) is 0.329. The minimum atomic E-state index is 0. The Kier molecular flexibility index (Phi) is 9.61. The Hall–Kier alpha value is -2.07. The van der Waals surface area contributed by atoms with E-state index in [0.29, 0.717) is 0 Å². The molecule has 180 valence electrons. The lowest BCUT2D eigenvalue weighted by atomic mass is 9.74. The van der Waals surface area contributed by atoms with Crippen LogP contribution in [0.15, 0.2) is 53.7 Å². The topological polar surface area (TPSA) is 62.2 Å². The van der Waals surface area contributed by atoms with Crippen LogP contribution in [-0.2, 0) is 10.2 Å². The number of hydrogen-bond acceptors (Lipinski definition) is 5. The molecule has 0 radical (unpaired) electrons. The van der Waals surface area contributed by atoms with Crippen molar-refractivity contribution in [1.82, 2.24) is 15.2 Å². The van der Waals surface area contributed by atoms with Crippen molar-refractivity contribution in [2.75, 3.05) is 64.5 Å². The highest BCUT2D eigenvalue weighted by Crippen LogP contribution is 2.36. The van der Waals surface area contributed by atoms with Crippen molar-refractivity contribution in [3.8, 4) is 5.75 Å². The number of hydrogen-bond donors (Lipinski definition) is 1. The molecule has 4 rings (SSSR count). The number of ether oxygens (including phenoxy) is 2. The first-order valence-electron chi connectivity index (χ1n) is 11.7. The van der Waals surface area contributed by atoms with Gasteiger partial charge in [0.1, 0.15) is 11.6 Å². The molecule has 0 spiro atoms. The predicted octanol–water partition coefficient (Wildman–Crippen LogP) is 3.54. The van der Waals surface area contributed by atoms with E-state index in [1.807, 2.05) is 18.3 Å². The monoisotopic (exact) mass is 565 g/mol. The van der Waals surface area contributed by atoms with Crippen LogP contribution in [0.1, 0.15) is 25.3 Å². The lowest BCUT2D eigenvalue weighted by Crippen LogP contribution is -2.53. The molecule has 2 aromatic rings. The number of benzene rings is 1. The first-order valence-corrected chi connectivity index (χ1v) is 11.7. The van der Waals surface area contributed by atoms with Gasteiger partial charge in [0.15, 0.2) is 5.96 Å². The Morgan fingerprint density at radius 1 is 1.09 bits per heavy atom. The van der Waals surface area contributed by atoms with Crippen molar-refractivity contribution in [2.24, 2.45) is 4.99 Å². The number of guanidine groups is 1. The first-order chi connectivity index (χ1) is 15.7. The number of anilines is 1. The Bertz CT molecular complexity index is 864. The summed E-state index contributed by atoms with van der Waals surface area (Å²) in [6.07, 6.45) is 3.82. The van der Waals surface area contributed by atoms with E-state index in [9.17, 15) is 0 Å². The summed E-state index contributed by atoms with van der Waals surface area (Å²) < 4.78 is 11.1. The molecule has 2 saturated heterocycles. The van der Waals surface area contributed by atoms with Crippen molar-refractivity contribution in [1.29, 1.82) is 0 Å². The summed E-state index contributed by atoms with van der Waals surface area (Å²) in [5.74, 6) is 2.95. The number of methoxy groups -OCH3 is 1. The van der Waals surface area contributed by atoms with Crippen molar-refractivity contribution in [3.05, 3.63) is 54.2 Å². The predicted molar refractivity (Wildman–Crippen MR) is 144 cm³/mol. The fourth-order valence-corrected chi connectivity index (χ4v) is 4.58. The molecule has 8 heteroatoms. The highest BCUT2D eigenvalue weighted by molar-refractivity contribution is 14.0. The molecule has 0 amide bonds. The van der Waals surface area contributed by atoms with Crippen LogP contribution >= 0.6 is 24.0 Å². The summed E-state index contributed by atoms with van der Waals surface area (Å²) in [5.41, 5.74) is 1.32. The van der Waals surface area contributed by atoms with Crippen LogP contribution in [0.3, 0.4) is 0 Å². The number of nitrogens with zero attached hydrogens (tertiary/aromatic N) is 4.